The second-order valence-corrected chi connectivity index (χ2v) is 3.27. The van der Waals surface area contributed by atoms with Gasteiger partial charge in [0.2, 0.25) is 0 Å². The smallest absolute Gasteiger partial charge is 0.00176 e. The Morgan fingerprint density at radius 3 is 2.12 bits per heavy atom. The maximum atomic E-state index is 3.41. The zero-order valence-electron chi connectivity index (χ0n) is 5.35. The zero-order valence-corrected chi connectivity index (χ0v) is 5.35. The minimum absolute atomic E-state index is 1.04. The van der Waals surface area contributed by atoms with Crippen LogP contribution in [0.3, 0.4) is 0 Å². The zero-order chi connectivity index (χ0) is 5.56. The molecule has 1 saturated carbocycles. The van der Waals surface area contributed by atoms with Crippen LogP contribution in [-0.2, 0) is 0 Å². The summed E-state index contributed by atoms with van der Waals surface area (Å²) in [5.74, 6) is 3.11. The first kappa shape index (κ1) is 4.80. The Labute approximate surface area is 50.5 Å². The first-order valence-corrected chi connectivity index (χ1v) is 3.58. The lowest BCUT2D eigenvalue weighted by molar-refractivity contribution is 0.0461. The van der Waals surface area contributed by atoms with Crippen LogP contribution in [0.1, 0.15) is 13.3 Å². The van der Waals surface area contributed by atoms with Crippen LogP contribution in [0.2, 0.25) is 0 Å². The highest BCUT2D eigenvalue weighted by Crippen LogP contribution is 2.41. The van der Waals surface area contributed by atoms with Crippen LogP contribution in [0.15, 0.2) is 0 Å². The van der Waals surface area contributed by atoms with Gasteiger partial charge < -0.3 is 5.32 Å². The van der Waals surface area contributed by atoms with E-state index >= 15 is 0 Å². The van der Waals surface area contributed by atoms with Gasteiger partial charge in [-0.2, -0.15) is 0 Å². The molecule has 1 aliphatic carbocycles. The van der Waals surface area contributed by atoms with Gasteiger partial charge in [0, 0.05) is 0 Å². The summed E-state index contributed by atoms with van der Waals surface area (Å²) in [5, 5.41) is 3.41. The van der Waals surface area contributed by atoms with E-state index in [9.17, 15) is 0 Å². The van der Waals surface area contributed by atoms with Crippen molar-refractivity contribution < 1.29 is 0 Å². The first-order valence-electron chi connectivity index (χ1n) is 3.58. The number of piperidine rings is 2. The van der Waals surface area contributed by atoms with Gasteiger partial charge in [-0.05, 0) is 37.3 Å². The molecule has 0 aromatic carbocycles. The summed E-state index contributed by atoms with van der Waals surface area (Å²) in [7, 11) is 0. The summed E-state index contributed by atoms with van der Waals surface area (Å²) in [5.41, 5.74) is 0. The number of nitrogens with one attached hydrogen (secondary N) is 1. The molecular weight excluding hydrogens is 98.1 g/mol. The van der Waals surface area contributed by atoms with E-state index in [1.807, 2.05) is 0 Å². The molecule has 0 amide bonds. The van der Waals surface area contributed by atoms with Crippen LogP contribution >= 0.6 is 0 Å². The molecule has 46 valence electrons. The van der Waals surface area contributed by atoms with Crippen LogP contribution in [0.4, 0.5) is 0 Å². The molecule has 0 radical (unpaired) electrons. The van der Waals surface area contributed by atoms with E-state index in [0.29, 0.717) is 0 Å². The van der Waals surface area contributed by atoms with Gasteiger partial charge in [0.25, 0.3) is 0 Å². The number of rotatable bonds is 0. The monoisotopic (exact) mass is 111 g/mol. The Bertz CT molecular complexity index is 86.6. The third kappa shape index (κ3) is 0.455. The van der Waals surface area contributed by atoms with Crippen molar-refractivity contribution in [2.45, 2.75) is 13.3 Å². The minimum Gasteiger partial charge on any atom is -0.316 e. The van der Waals surface area contributed by atoms with Gasteiger partial charge in [-0.3, -0.25) is 0 Å². The fraction of sp³-hybridized carbons (Fsp3) is 1.00. The third-order valence-corrected chi connectivity index (χ3v) is 2.91. The van der Waals surface area contributed by atoms with Crippen molar-refractivity contribution in [1.29, 1.82) is 0 Å². The van der Waals surface area contributed by atoms with Gasteiger partial charge in [-0.25, -0.2) is 0 Å². The quantitative estimate of drug-likeness (QED) is 0.489. The topological polar surface area (TPSA) is 12.0 Å². The summed E-state index contributed by atoms with van der Waals surface area (Å²) in [6.07, 6.45) is 1.51. The van der Waals surface area contributed by atoms with Gasteiger partial charge in [0.05, 0.1) is 0 Å². The van der Waals surface area contributed by atoms with E-state index in [4.69, 9.17) is 0 Å². The molecule has 1 nitrogen and oxygen atoms in total. The van der Waals surface area contributed by atoms with Crippen LogP contribution in [-0.4, -0.2) is 13.1 Å². The lowest BCUT2D eigenvalue weighted by atomic mass is 9.63. The van der Waals surface area contributed by atoms with E-state index in [-0.39, 0.29) is 0 Å². The van der Waals surface area contributed by atoms with E-state index in [1.54, 1.807) is 0 Å². The van der Waals surface area contributed by atoms with Crippen LogP contribution in [0.5, 0.6) is 0 Å². The van der Waals surface area contributed by atoms with Gasteiger partial charge >= 0.3 is 0 Å². The molecule has 2 atom stereocenters. The summed E-state index contributed by atoms with van der Waals surface area (Å²) >= 11 is 0. The molecule has 3 fully saturated rings. The fourth-order valence-corrected chi connectivity index (χ4v) is 2.00. The molecule has 8 heavy (non-hydrogen) atoms. The molecule has 1 N–H and O–H groups in total. The molecule has 2 bridgehead atoms. The second kappa shape index (κ2) is 1.47. The molecule has 1 heteroatoms. The molecule has 2 saturated heterocycles. The lowest BCUT2D eigenvalue weighted by Gasteiger charge is -2.48. The average Bonchev–Trinajstić information content (AvgIpc) is 1.89. The highest BCUT2D eigenvalue weighted by Gasteiger charge is 2.39. The molecule has 2 aliphatic heterocycles. The molecule has 0 spiro atoms. The Kier molecular flexibility index (Phi) is 0.884. The summed E-state index contributed by atoms with van der Waals surface area (Å²) in [6, 6.07) is 0. The van der Waals surface area contributed by atoms with Crippen molar-refractivity contribution in [3.05, 3.63) is 0 Å². The lowest BCUT2D eigenvalue weighted by Crippen LogP contribution is -2.51. The average molecular weight is 111 g/mol. The second-order valence-electron chi connectivity index (χ2n) is 3.27. The first-order chi connectivity index (χ1) is 3.88. The Balaban J connectivity index is 2.03. The predicted molar refractivity (Wildman–Crippen MR) is 33.6 cm³/mol. The molecule has 0 aromatic rings. The van der Waals surface area contributed by atoms with Crippen LogP contribution in [0, 0.1) is 17.8 Å². The maximum Gasteiger partial charge on any atom is -0.00176 e. The fourth-order valence-electron chi connectivity index (χ4n) is 2.00. The van der Waals surface area contributed by atoms with Crippen molar-refractivity contribution in [2.24, 2.45) is 17.8 Å². The molecule has 2 heterocycles. The van der Waals surface area contributed by atoms with Gasteiger partial charge in [0.1, 0.15) is 0 Å². The van der Waals surface area contributed by atoms with E-state index in [2.05, 4.69) is 12.2 Å². The van der Waals surface area contributed by atoms with Crippen molar-refractivity contribution in [2.75, 3.05) is 13.1 Å². The highest BCUT2D eigenvalue weighted by atomic mass is 14.9. The third-order valence-electron chi connectivity index (χ3n) is 2.91. The van der Waals surface area contributed by atoms with Gasteiger partial charge in [0.15, 0.2) is 0 Å². The highest BCUT2D eigenvalue weighted by molar-refractivity contribution is 4.92. The van der Waals surface area contributed by atoms with Crippen molar-refractivity contribution in [3.63, 3.8) is 0 Å². The number of fused-ring (bicyclic) bond motifs is 2. The van der Waals surface area contributed by atoms with Crippen molar-refractivity contribution >= 4 is 0 Å². The van der Waals surface area contributed by atoms with E-state index in [1.165, 1.54) is 19.5 Å². The normalized spacial score (nSPS) is 52.9. The van der Waals surface area contributed by atoms with Crippen LogP contribution < -0.4 is 5.32 Å². The van der Waals surface area contributed by atoms with Gasteiger partial charge in [-0.15, -0.1) is 0 Å². The summed E-state index contributed by atoms with van der Waals surface area (Å²) < 4.78 is 0. The van der Waals surface area contributed by atoms with Crippen LogP contribution in [0.25, 0.3) is 0 Å². The van der Waals surface area contributed by atoms with Crippen molar-refractivity contribution in [1.82, 2.24) is 5.32 Å². The summed E-state index contributed by atoms with van der Waals surface area (Å²) in [4.78, 5) is 0. The molecule has 2 unspecified atom stereocenters. The number of hydrogen-bond acceptors (Lipinski definition) is 1. The van der Waals surface area contributed by atoms with Gasteiger partial charge in [-0.1, -0.05) is 6.92 Å². The SMILES string of the molecule is CC1C2CNCC1C2. The largest absolute Gasteiger partial charge is 0.316 e. The standard InChI is InChI=1S/C7H13N/c1-5-6-2-7(5)4-8-3-6/h5-8H,2-4H2,1H3. The Hall–Kier alpha value is -0.0400. The number of hydrogen-bond donors (Lipinski definition) is 1. The Morgan fingerprint density at radius 1 is 1.25 bits per heavy atom. The summed E-state index contributed by atoms with van der Waals surface area (Å²) in [6.45, 7) is 4.97. The molecule has 3 aliphatic rings. The molecule has 0 aromatic heterocycles. The molecule has 3 rings (SSSR count). The predicted octanol–water partition coefficient (Wildman–Crippen LogP) is 0.862. The minimum atomic E-state index is 1.04. The van der Waals surface area contributed by atoms with Crippen molar-refractivity contribution in [3.8, 4) is 0 Å². The van der Waals surface area contributed by atoms with E-state index < -0.39 is 0 Å². The Morgan fingerprint density at radius 2 is 1.88 bits per heavy atom. The maximum absolute atomic E-state index is 3.41. The van der Waals surface area contributed by atoms with E-state index in [0.717, 1.165) is 17.8 Å². The molecular formula is C7H13N.